The summed E-state index contributed by atoms with van der Waals surface area (Å²) in [5.41, 5.74) is 0.308. The van der Waals surface area contributed by atoms with Gasteiger partial charge < -0.3 is 10.1 Å². The number of alkyl halides is 3. The number of likely N-dealkylation sites (N-methyl/N-ethyl adjacent to an activating group) is 1. The lowest BCUT2D eigenvalue weighted by atomic mass is 10.0. The quantitative estimate of drug-likeness (QED) is 0.775. The van der Waals surface area contributed by atoms with Crippen molar-refractivity contribution in [3.63, 3.8) is 0 Å². The van der Waals surface area contributed by atoms with Gasteiger partial charge in [0.1, 0.15) is 5.75 Å². The van der Waals surface area contributed by atoms with Crippen molar-refractivity contribution in [3.8, 4) is 5.75 Å². The van der Waals surface area contributed by atoms with Gasteiger partial charge in [-0.3, -0.25) is 14.5 Å². The molecule has 0 fully saturated rings. The highest BCUT2D eigenvalue weighted by Gasteiger charge is 2.32. The highest BCUT2D eigenvalue weighted by molar-refractivity contribution is 5.88. The van der Waals surface area contributed by atoms with E-state index >= 15 is 0 Å². The van der Waals surface area contributed by atoms with E-state index in [1.807, 2.05) is 13.8 Å². The third-order valence-electron chi connectivity index (χ3n) is 3.47. The van der Waals surface area contributed by atoms with Crippen molar-refractivity contribution < 1.29 is 27.5 Å². The van der Waals surface area contributed by atoms with Crippen LogP contribution in [0.5, 0.6) is 5.75 Å². The van der Waals surface area contributed by atoms with Gasteiger partial charge in [-0.2, -0.15) is 0 Å². The molecule has 1 aromatic carbocycles. The van der Waals surface area contributed by atoms with Crippen molar-refractivity contribution in [1.29, 1.82) is 0 Å². The van der Waals surface area contributed by atoms with Gasteiger partial charge in [0.15, 0.2) is 5.78 Å². The number of nitrogens with zero attached hydrogens (tertiary/aromatic N) is 1. The monoisotopic (exact) mass is 360 g/mol. The maximum Gasteiger partial charge on any atom is 0.573 e. The SMILES string of the molecule is CC(=O)C(NC(=O)CN(C)Cc1ccccc1OC(F)(F)F)C(C)C. The number of ketones is 1. The molecule has 1 rings (SSSR count). The Kier molecular flexibility index (Phi) is 7.41. The fourth-order valence-corrected chi connectivity index (χ4v) is 2.41. The molecule has 1 amide bonds. The van der Waals surface area contributed by atoms with E-state index in [1.54, 1.807) is 18.0 Å². The van der Waals surface area contributed by atoms with Gasteiger partial charge in [-0.15, -0.1) is 13.2 Å². The molecule has 0 radical (unpaired) electrons. The van der Waals surface area contributed by atoms with Gasteiger partial charge in [0.25, 0.3) is 0 Å². The first kappa shape index (κ1) is 21.0. The Morgan fingerprint density at radius 1 is 1.24 bits per heavy atom. The zero-order valence-electron chi connectivity index (χ0n) is 14.7. The Balaban J connectivity index is 2.69. The number of carbonyl (C=O) groups is 2. The van der Waals surface area contributed by atoms with Crippen LogP contribution < -0.4 is 10.1 Å². The van der Waals surface area contributed by atoms with Gasteiger partial charge >= 0.3 is 6.36 Å². The largest absolute Gasteiger partial charge is 0.573 e. The summed E-state index contributed by atoms with van der Waals surface area (Å²) in [6, 6.07) is 5.18. The lowest BCUT2D eigenvalue weighted by Crippen LogP contribution is -2.46. The molecule has 1 atom stereocenters. The van der Waals surface area contributed by atoms with Gasteiger partial charge in [-0.05, 0) is 26.0 Å². The van der Waals surface area contributed by atoms with Crippen molar-refractivity contribution in [2.45, 2.75) is 39.7 Å². The Morgan fingerprint density at radius 3 is 2.36 bits per heavy atom. The second-order valence-electron chi connectivity index (χ2n) is 6.23. The predicted octanol–water partition coefficient (Wildman–Crippen LogP) is 2.75. The summed E-state index contributed by atoms with van der Waals surface area (Å²) in [4.78, 5) is 25.1. The third kappa shape index (κ3) is 7.55. The molecule has 5 nitrogen and oxygen atoms in total. The number of Topliss-reactive ketones (excluding diaryl/α,β-unsaturated/α-hetero) is 1. The lowest BCUT2D eigenvalue weighted by molar-refractivity contribution is -0.275. The van der Waals surface area contributed by atoms with Crippen molar-refractivity contribution >= 4 is 11.7 Å². The molecule has 0 spiro atoms. The van der Waals surface area contributed by atoms with Crippen molar-refractivity contribution in [1.82, 2.24) is 10.2 Å². The normalized spacial score (nSPS) is 13.0. The van der Waals surface area contributed by atoms with Crippen LogP contribution in [0, 0.1) is 5.92 Å². The Hall–Kier alpha value is -2.09. The summed E-state index contributed by atoms with van der Waals surface area (Å²) in [6.07, 6.45) is -4.78. The maximum atomic E-state index is 12.4. The van der Waals surface area contributed by atoms with Crippen LogP contribution in [0.3, 0.4) is 0 Å². The van der Waals surface area contributed by atoms with E-state index < -0.39 is 12.4 Å². The van der Waals surface area contributed by atoms with Crippen LogP contribution in [-0.4, -0.2) is 42.6 Å². The molecule has 25 heavy (non-hydrogen) atoms. The number of hydrogen-bond donors (Lipinski definition) is 1. The van der Waals surface area contributed by atoms with Crippen LogP contribution >= 0.6 is 0 Å². The van der Waals surface area contributed by atoms with Gasteiger partial charge in [0, 0.05) is 12.1 Å². The van der Waals surface area contributed by atoms with Crippen LogP contribution in [0.15, 0.2) is 24.3 Å². The maximum absolute atomic E-state index is 12.4. The minimum Gasteiger partial charge on any atom is -0.405 e. The molecular formula is C17H23F3N2O3. The highest BCUT2D eigenvalue weighted by Crippen LogP contribution is 2.26. The van der Waals surface area contributed by atoms with E-state index in [1.165, 1.54) is 25.1 Å². The molecule has 1 aromatic rings. The molecule has 0 saturated heterocycles. The Labute approximate surface area is 145 Å². The van der Waals surface area contributed by atoms with Crippen molar-refractivity contribution in [2.24, 2.45) is 5.92 Å². The topological polar surface area (TPSA) is 58.6 Å². The van der Waals surface area contributed by atoms with E-state index in [2.05, 4.69) is 10.1 Å². The molecule has 0 bridgehead atoms. The molecule has 1 unspecified atom stereocenters. The first-order valence-corrected chi connectivity index (χ1v) is 7.81. The number of benzene rings is 1. The summed E-state index contributed by atoms with van der Waals surface area (Å²) in [7, 11) is 1.60. The Morgan fingerprint density at radius 2 is 1.84 bits per heavy atom. The van der Waals surface area contributed by atoms with Gasteiger partial charge in [-0.25, -0.2) is 0 Å². The smallest absolute Gasteiger partial charge is 0.405 e. The zero-order valence-corrected chi connectivity index (χ0v) is 14.7. The summed E-state index contributed by atoms with van der Waals surface area (Å²) in [5.74, 6) is -0.862. The molecule has 0 aliphatic heterocycles. The standard InChI is InChI=1S/C17H23F3N2O3/c1-11(2)16(12(3)23)21-15(24)10-22(4)9-13-7-5-6-8-14(13)25-17(18,19)20/h5-8,11,16H,9-10H2,1-4H3,(H,21,24). The molecule has 0 aromatic heterocycles. The first-order valence-electron chi connectivity index (χ1n) is 7.81. The van der Waals surface area contributed by atoms with Crippen molar-refractivity contribution in [3.05, 3.63) is 29.8 Å². The number of rotatable bonds is 8. The number of para-hydroxylation sites is 1. The number of nitrogens with one attached hydrogen (secondary N) is 1. The van der Waals surface area contributed by atoms with Crippen LogP contribution in [0.4, 0.5) is 13.2 Å². The number of carbonyl (C=O) groups excluding carboxylic acids is 2. The minimum atomic E-state index is -4.78. The molecule has 140 valence electrons. The van der Waals surface area contributed by atoms with E-state index in [4.69, 9.17) is 0 Å². The van der Waals surface area contributed by atoms with E-state index in [0.29, 0.717) is 5.56 Å². The average molecular weight is 360 g/mol. The fraction of sp³-hybridized carbons (Fsp3) is 0.529. The summed E-state index contributed by atoms with van der Waals surface area (Å²) in [5, 5.41) is 2.64. The van der Waals surface area contributed by atoms with Crippen LogP contribution in [0.2, 0.25) is 0 Å². The molecule has 0 heterocycles. The molecule has 1 N–H and O–H groups in total. The molecule has 8 heteroatoms. The summed E-state index contributed by atoms with van der Waals surface area (Å²) >= 11 is 0. The van der Waals surface area contributed by atoms with Gasteiger partial charge in [0.2, 0.25) is 5.91 Å². The van der Waals surface area contributed by atoms with Gasteiger partial charge in [-0.1, -0.05) is 32.0 Å². The predicted molar refractivity (Wildman–Crippen MR) is 86.9 cm³/mol. The molecule has 0 aliphatic carbocycles. The van der Waals surface area contributed by atoms with Gasteiger partial charge in [0.05, 0.1) is 12.6 Å². The second kappa shape index (κ2) is 8.84. The van der Waals surface area contributed by atoms with E-state index in [0.717, 1.165) is 0 Å². The highest BCUT2D eigenvalue weighted by atomic mass is 19.4. The fourth-order valence-electron chi connectivity index (χ4n) is 2.41. The number of ether oxygens (including phenoxy) is 1. The summed E-state index contributed by atoms with van der Waals surface area (Å²) in [6.45, 7) is 5.07. The average Bonchev–Trinajstić information content (AvgIpc) is 2.44. The van der Waals surface area contributed by atoms with E-state index in [9.17, 15) is 22.8 Å². The molecule has 0 aliphatic rings. The number of amides is 1. The minimum absolute atomic E-state index is 0.0485. The van der Waals surface area contributed by atoms with Crippen molar-refractivity contribution in [2.75, 3.05) is 13.6 Å². The van der Waals surface area contributed by atoms with Crippen LogP contribution in [0.1, 0.15) is 26.3 Å². The molecule has 0 saturated carbocycles. The second-order valence-corrected chi connectivity index (χ2v) is 6.23. The van der Waals surface area contributed by atoms with Crippen LogP contribution in [0.25, 0.3) is 0 Å². The number of hydrogen-bond acceptors (Lipinski definition) is 4. The van der Waals surface area contributed by atoms with E-state index in [-0.39, 0.29) is 36.4 Å². The molecular weight excluding hydrogens is 337 g/mol. The number of halogens is 3. The zero-order chi connectivity index (χ0) is 19.2. The third-order valence-corrected chi connectivity index (χ3v) is 3.47. The first-order chi connectivity index (χ1) is 11.5. The van der Waals surface area contributed by atoms with Crippen LogP contribution in [-0.2, 0) is 16.1 Å². The summed E-state index contributed by atoms with van der Waals surface area (Å²) < 4.78 is 41.3. The lowest BCUT2D eigenvalue weighted by Gasteiger charge is -2.23. The Bertz CT molecular complexity index is 603.